The van der Waals surface area contributed by atoms with Crippen molar-refractivity contribution < 1.29 is 4.79 Å². The maximum absolute atomic E-state index is 13.2. The number of nitrogens with zero attached hydrogens (tertiary/aromatic N) is 5. The predicted octanol–water partition coefficient (Wildman–Crippen LogP) is 3.08. The fourth-order valence-corrected chi connectivity index (χ4v) is 4.02. The summed E-state index contributed by atoms with van der Waals surface area (Å²) in [5, 5.41) is 4.16. The van der Waals surface area contributed by atoms with Crippen molar-refractivity contribution in [1.29, 1.82) is 0 Å². The molecule has 0 radical (unpaired) electrons. The lowest BCUT2D eigenvalue weighted by molar-refractivity contribution is 0.0944. The molecule has 7 heteroatoms. The summed E-state index contributed by atoms with van der Waals surface area (Å²) in [7, 11) is 3.99. The Hall–Kier alpha value is -3.19. The Bertz CT molecular complexity index is 1200. The number of para-hydroxylation sites is 1. The van der Waals surface area contributed by atoms with Crippen LogP contribution < -0.4 is 5.32 Å². The van der Waals surface area contributed by atoms with Gasteiger partial charge in [-0.1, -0.05) is 18.2 Å². The number of amides is 1. The molecule has 1 amide bonds. The first-order valence-electron chi connectivity index (χ1n) is 10.5. The Kier molecular flexibility index (Phi) is 4.75. The van der Waals surface area contributed by atoms with Crippen molar-refractivity contribution in [3.05, 3.63) is 54.5 Å². The van der Waals surface area contributed by atoms with Gasteiger partial charge in [-0.25, -0.2) is 9.97 Å². The van der Waals surface area contributed by atoms with Crippen molar-refractivity contribution >= 4 is 27.8 Å². The van der Waals surface area contributed by atoms with Crippen molar-refractivity contribution in [2.45, 2.75) is 19.4 Å². The molecule has 3 heterocycles. The van der Waals surface area contributed by atoms with Crippen LogP contribution in [0.2, 0.25) is 0 Å². The zero-order valence-electron chi connectivity index (χ0n) is 17.4. The van der Waals surface area contributed by atoms with E-state index in [4.69, 9.17) is 0 Å². The minimum atomic E-state index is -0.109. The zero-order valence-corrected chi connectivity index (χ0v) is 17.4. The summed E-state index contributed by atoms with van der Waals surface area (Å²) in [5.41, 5.74) is 3.82. The standard InChI is InChI=1S/C23H26N6O/c1-27(2)13-12-24-22(30)20-14-19-21(29(20)23-25-10-5-11-26-23)17-6-3-4-7-18(17)28(19)15-16-8-9-16/h3-7,10-11,14,16H,8-9,12-13,15H2,1-2H3,(H,24,30). The van der Waals surface area contributed by atoms with Gasteiger partial charge in [-0.2, -0.15) is 0 Å². The van der Waals surface area contributed by atoms with Gasteiger partial charge in [0.1, 0.15) is 5.69 Å². The van der Waals surface area contributed by atoms with Crippen molar-refractivity contribution in [3.8, 4) is 5.95 Å². The van der Waals surface area contributed by atoms with Crippen LogP contribution in [0.3, 0.4) is 0 Å². The van der Waals surface area contributed by atoms with Gasteiger partial charge in [-0.3, -0.25) is 9.36 Å². The van der Waals surface area contributed by atoms with Crippen molar-refractivity contribution in [1.82, 2.24) is 29.3 Å². The van der Waals surface area contributed by atoms with E-state index in [0.717, 1.165) is 35.4 Å². The summed E-state index contributed by atoms with van der Waals surface area (Å²) in [6.07, 6.45) is 5.97. The molecule has 7 nitrogen and oxygen atoms in total. The van der Waals surface area contributed by atoms with Gasteiger partial charge in [0.25, 0.3) is 5.91 Å². The van der Waals surface area contributed by atoms with Gasteiger partial charge in [0.2, 0.25) is 5.95 Å². The van der Waals surface area contributed by atoms with Gasteiger partial charge >= 0.3 is 0 Å². The van der Waals surface area contributed by atoms with Gasteiger partial charge in [-0.05, 0) is 51.1 Å². The SMILES string of the molecule is CN(C)CCNC(=O)c1cc2c(c3ccccc3n2CC2CC2)n1-c1ncccn1. The summed E-state index contributed by atoms with van der Waals surface area (Å²) in [6, 6.07) is 12.2. The van der Waals surface area contributed by atoms with E-state index in [1.54, 1.807) is 18.5 Å². The third-order valence-electron chi connectivity index (χ3n) is 5.69. The van der Waals surface area contributed by atoms with E-state index in [9.17, 15) is 4.79 Å². The largest absolute Gasteiger partial charge is 0.349 e. The summed E-state index contributed by atoms with van der Waals surface area (Å²) in [4.78, 5) is 24.1. The van der Waals surface area contributed by atoms with Crippen LogP contribution in [0.5, 0.6) is 0 Å². The van der Waals surface area contributed by atoms with Crippen LogP contribution in [0.4, 0.5) is 0 Å². The second-order valence-electron chi connectivity index (χ2n) is 8.28. The second kappa shape index (κ2) is 7.57. The van der Waals surface area contributed by atoms with Crippen LogP contribution in [-0.4, -0.2) is 57.1 Å². The van der Waals surface area contributed by atoms with E-state index in [-0.39, 0.29) is 5.91 Å². The van der Waals surface area contributed by atoms with Crippen LogP contribution in [0.25, 0.3) is 27.9 Å². The number of likely N-dealkylation sites (N-methyl/N-ethyl adjacent to an activating group) is 1. The molecule has 4 aromatic rings. The third kappa shape index (κ3) is 3.35. The van der Waals surface area contributed by atoms with E-state index in [1.807, 2.05) is 35.7 Å². The van der Waals surface area contributed by atoms with Crippen LogP contribution in [-0.2, 0) is 6.54 Å². The van der Waals surface area contributed by atoms with Crippen molar-refractivity contribution in [3.63, 3.8) is 0 Å². The molecular formula is C23H26N6O. The van der Waals surface area contributed by atoms with Gasteiger partial charge in [-0.15, -0.1) is 0 Å². The summed E-state index contributed by atoms with van der Waals surface area (Å²) < 4.78 is 4.27. The van der Waals surface area contributed by atoms with E-state index < -0.39 is 0 Å². The Balaban J connectivity index is 1.70. The highest BCUT2D eigenvalue weighted by Crippen LogP contribution is 2.37. The monoisotopic (exact) mass is 402 g/mol. The Morgan fingerprint density at radius 3 is 2.63 bits per heavy atom. The molecule has 0 saturated heterocycles. The Labute approximate surface area is 175 Å². The van der Waals surface area contributed by atoms with E-state index >= 15 is 0 Å². The predicted molar refractivity (Wildman–Crippen MR) is 118 cm³/mol. The molecule has 1 N–H and O–H groups in total. The molecule has 3 aromatic heterocycles. The summed E-state index contributed by atoms with van der Waals surface area (Å²) in [5.74, 6) is 1.12. The molecule has 154 valence electrons. The third-order valence-corrected chi connectivity index (χ3v) is 5.69. The topological polar surface area (TPSA) is 68.0 Å². The lowest BCUT2D eigenvalue weighted by atomic mass is 10.2. The first-order valence-corrected chi connectivity index (χ1v) is 10.5. The zero-order chi connectivity index (χ0) is 20.7. The van der Waals surface area contributed by atoms with E-state index in [2.05, 4.69) is 38.1 Å². The molecule has 0 aliphatic heterocycles. The maximum Gasteiger partial charge on any atom is 0.268 e. The number of benzene rings is 1. The fraction of sp³-hybridized carbons (Fsp3) is 0.348. The number of hydrogen-bond acceptors (Lipinski definition) is 4. The molecule has 1 aliphatic carbocycles. The summed E-state index contributed by atoms with van der Waals surface area (Å²) in [6.45, 7) is 2.34. The number of hydrogen-bond donors (Lipinski definition) is 1. The van der Waals surface area contributed by atoms with Crippen LogP contribution in [0.15, 0.2) is 48.8 Å². The Morgan fingerprint density at radius 2 is 1.90 bits per heavy atom. The number of rotatable bonds is 7. The van der Waals surface area contributed by atoms with Crippen molar-refractivity contribution in [2.24, 2.45) is 5.92 Å². The first kappa shape index (κ1) is 18.8. The molecule has 1 saturated carbocycles. The fourth-order valence-electron chi connectivity index (χ4n) is 4.02. The van der Waals surface area contributed by atoms with E-state index in [1.165, 1.54) is 18.4 Å². The molecule has 1 aliphatic rings. The van der Waals surface area contributed by atoms with Gasteiger partial charge in [0.15, 0.2) is 0 Å². The van der Waals surface area contributed by atoms with Gasteiger partial charge in [0, 0.05) is 37.4 Å². The lowest BCUT2D eigenvalue weighted by Gasteiger charge is -2.12. The minimum absolute atomic E-state index is 0.109. The smallest absolute Gasteiger partial charge is 0.268 e. The summed E-state index contributed by atoms with van der Waals surface area (Å²) >= 11 is 0. The quantitative estimate of drug-likeness (QED) is 0.516. The van der Waals surface area contributed by atoms with Crippen LogP contribution in [0.1, 0.15) is 23.3 Å². The highest BCUT2D eigenvalue weighted by Gasteiger charge is 2.27. The normalized spacial score (nSPS) is 14.1. The van der Waals surface area contributed by atoms with Gasteiger partial charge < -0.3 is 14.8 Å². The molecule has 0 spiro atoms. The van der Waals surface area contributed by atoms with Crippen LogP contribution in [0, 0.1) is 5.92 Å². The molecule has 5 rings (SSSR count). The minimum Gasteiger partial charge on any atom is -0.349 e. The lowest BCUT2D eigenvalue weighted by Crippen LogP contribution is -2.32. The molecular weight excluding hydrogens is 376 g/mol. The van der Waals surface area contributed by atoms with Gasteiger partial charge in [0.05, 0.1) is 16.6 Å². The number of nitrogens with one attached hydrogen (secondary N) is 1. The maximum atomic E-state index is 13.2. The number of carbonyl (C=O) groups excluding carboxylic acids is 1. The second-order valence-corrected chi connectivity index (χ2v) is 8.28. The molecule has 1 fully saturated rings. The number of fused-ring (bicyclic) bond motifs is 3. The number of carbonyl (C=O) groups is 1. The molecule has 1 aromatic carbocycles. The molecule has 0 unspecified atom stereocenters. The molecule has 0 bridgehead atoms. The first-order chi connectivity index (χ1) is 14.6. The Morgan fingerprint density at radius 1 is 1.13 bits per heavy atom. The average molecular weight is 403 g/mol. The molecule has 0 atom stereocenters. The van der Waals surface area contributed by atoms with E-state index in [0.29, 0.717) is 18.2 Å². The van der Waals surface area contributed by atoms with Crippen LogP contribution >= 0.6 is 0 Å². The highest BCUT2D eigenvalue weighted by atomic mass is 16.1. The number of aromatic nitrogens is 4. The molecule has 30 heavy (non-hydrogen) atoms. The average Bonchev–Trinajstić information content (AvgIpc) is 3.41. The van der Waals surface area contributed by atoms with Crippen molar-refractivity contribution in [2.75, 3.05) is 27.2 Å². The highest BCUT2D eigenvalue weighted by molar-refractivity contribution is 6.10.